The Balaban J connectivity index is 1.78. The van der Waals surface area contributed by atoms with Gasteiger partial charge in [0.2, 0.25) is 5.78 Å². The van der Waals surface area contributed by atoms with Crippen LogP contribution < -0.4 is 0 Å². The number of fused-ring (bicyclic) bond motifs is 1. The number of aliphatic hydroxyl groups is 1. The first kappa shape index (κ1) is 19.7. The summed E-state index contributed by atoms with van der Waals surface area (Å²) < 4.78 is 5.69. The summed E-state index contributed by atoms with van der Waals surface area (Å²) in [6.07, 6.45) is 0. The number of carbonyl (C=O) groups excluding carboxylic acids is 2. The van der Waals surface area contributed by atoms with Gasteiger partial charge < -0.3 is 24.4 Å². The lowest BCUT2D eigenvalue weighted by Crippen LogP contribution is -2.36. The first-order valence-corrected chi connectivity index (χ1v) is 9.58. The second kappa shape index (κ2) is 7.68. The fourth-order valence-corrected chi connectivity index (χ4v) is 3.65. The maximum Gasteiger partial charge on any atom is 0.290 e. The van der Waals surface area contributed by atoms with Crippen molar-refractivity contribution in [1.82, 2.24) is 9.80 Å². The number of nitrogens with zero attached hydrogens (tertiary/aromatic N) is 2. The number of Topliss-reactive ketones (excluding diaryl/α,β-unsaturated/α-hetero) is 1. The number of aromatic hydroxyl groups is 1. The number of amides is 1. The molecule has 7 nitrogen and oxygen atoms in total. The van der Waals surface area contributed by atoms with E-state index in [-0.39, 0.29) is 17.1 Å². The molecule has 2 N–H and O–H groups in total. The average molecular weight is 406 g/mol. The van der Waals surface area contributed by atoms with Gasteiger partial charge in [-0.1, -0.05) is 30.3 Å². The smallest absolute Gasteiger partial charge is 0.290 e. The summed E-state index contributed by atoms with van der Waals surface area (Å²) in [5, 5.41) is 21.1. The van der Waals surface area contributed by atoms with Crippen LogP contribution in [0.25, 0.3) is 11.0 Å². The van der Waals surface area contributed by atoms with Gasteiger partial charge in [-0.3, -0.25) is 9.59 Å². The van der Waals surface area contributed by atoms with Gasteiger partial charge in [0.15, 0.2) is 11.5 Å². The molecular formula is C23H22N2O5. The summed E-state index contributed by atoms with van der Waals surface area (Å²) in [7, 11) is 3.76. The highest BCUT2D eigenvalue weighted by atomic mass is 16.3. The third-order valence-electron chi connectivity index (χ3n) is 5.19. The molecule has 4 rings (SSSR count). The first-order valence-electron chi connectivity index (χ1n) is 9.58. The van der Waals surface area contributed by atoms with Gasteiger partial charge in [-0.05, 0) is 43.9 Å². The number of hydrogen-bond acceptors (Lipinski definition) is 6. The van der Waals surface area contributed by atoms with Crippen LogP contribution in [-0.2, 0) is 4.79 Å². The van der Waals surface area contributed by atoms with Gasteiger partial charge >= 0.3 is 0 Å². The van der Waals surface area contributed by atoms with E-state index in [1.807, 2.05) is 31.1 Å². The molecule has 30 heavy (non-hydrogen) atoms. The Hall–Kier alpha value is -3.58. The van der Waals surface area contributed by atoms with Crippen molar-refractivity contribution in [3.63, 3.8) is 0 Å². The van der Waals surface area contributed by atoms with Crippen molar-refractivity contribution in [3.8, 4) is 5.75 Å². The van der Waals surface area contributed by atoms with Crippen molar-refractivity contribution >= 4 is 22.7 Å². The topological polar surface area (TPSA) is 94.2 Å². The Bertz CT molecular complexity index is 1110. The molecule has 1 aliphatic heterocycles. The van der Waals surface area contributed by atoms with E-state index in [0.29, 0.717) is 24.2 Å². The van der Waals surface area contributed by atoms with Gasteiger partial charge in [0.25, 0.3) is 5.91 Å². The number of likely N-dealkylation sites (N-methyl/N-ethyl adjacent to an activating group) is 1. The van der Waals surface area contributed by atoms with Gasteiger partial charge in [-0.15, -0.1) is 0 Å². The lowest BCUT2D eigenvalue weighted by atomic mass is 9.95. The Morgan fingerprint density at radius 2 is 1.80 bits per heavy atom. The highest BCUT2D eigenvalue weighted by Crippen LogP contribution is 2.39. The van der Waals surface area contributed by atoms with Crippen LogP contribution in [-0.4, -0.2) is 58.9 Å². The molecule has 154 valence electrons. The summed E-state index contributed by atoms with van der Waals surface area (Å²) >= 11 is 0. The number of para-hydroxylation sites is 1. The first-order chi connectivity index (χ1) is 14.4. The van der Waals surface area contributed by atoms with E-state index in [4.69, 9.17) is 4.42 Å². The molecule has 0 bridgehead atoms. The minimum absolute atomic E-state index is 0.0245. The summed E-state index contributed by atoms with van der Waals surface area (Å²) in [5.74, 6) is -1.58. The number of ketones is 1. The maximum atomic E-state index is 13.4. The van der Waals surface area contributed by atoms with Gasteiger partial charge in [-0.2, -0.15) is 0 Å². The van der Waals surface area contributed by atoms with Crippen molar-refractivity contribution in [2.45, 2.75) is 6.04 Å². The molecule has 2 heterocycles. The largest absolute Gasteiger partial charge is 0.508 e. The Morgan fingerprint density at radius 3 is 2.47 bits per heavy atom. The number of carbonyl (C=O) groups is 2. The molecule has 0 saturated heterocycles. The normalized spacial score (nSPS) is 16.8. The predicted octanol–water partition coefficient (Wildman–Crippen LogP) is 3.28. The van der Waals surface area contributed by atoms with Crippen LogP contribution in [0.1, 0.15) is 22.2 Å². The molecule has 0 saturated carbocycles. The lowest BCUT2D eigenvalue weighted by Gasteiger charge is -2.27. The van der Waals surface area contributed by atoms with Crippen molar-refractivity contribution in [2.75, 3.05) is 27.2 Å². The lowest BCUT2D eigenvalue weighted by molar-refractivity contribution is -0.129. The summed E-state index contributed by atoms with van der Waals surface area (Å²) in [4.78, 5) is 29.6. The average Bonchev–Trinajstić information content (AvgIpc) is 3.26. The number of rotatable bonds is 6. The van der Waals surface area contributed by atoms with Gasteiger partial charge in [0.05, 0.1) is 11.6 Å². The SMILES string of the molecule is CN(C)CCN1C(=O)C(O)=C(C(=O)c2cc3ccccc3o2)C1c1ccc(O)cc1. The van der Waals surface area contributed by atoms with Crippen LogP contribution in [0.3, 0.4) is 0 Å². The van der Waals surface area contributed by atoms with E-state index in [1.165, 1.54) is 17.0 Å². The Morgan fingerprint density at radius 1 is 1.10 bits per heavy atom. The van der Waals surface area contributed by atoms with Gasteiger partial charge in [-0.25, -0.2) is 0 Å². The molecule has 1 atom stereocenters. The zero-order valence-corrected chi connectivity index (χ0v) is 16.7. The number of phenolic OH excluding ortho intramolecular Hbond substituents is 1. The Labute approximate surface area is 173 Å². The van der Waals surface area contributed by atoms with Crippen LogP contribution in [0.15, 0.2) is 70.3 Å². The van der Waals surface area contributed by atoms with E-state index in [0.717, 1.165) is 5.39 Å². The summed E-state index contributed by atoms with van der Waals surface area (Å²) in [6, 6.07) is 14.3. The van der Waals surface area contributed by atoms with Crippen LogP contribution in [0.2, 0.25) is 0 Å². The summed E-state index contributed by atoms with van der Waals surface area (Å²) in [5.41, 5.74) is 1.14. The molecule has 0 fully saturated rings. The quantitative estimate of drug-likeness (QED) is 0.610. The zero-order valence-electron chi connectivity index (χ0n) is 16.7. The number of hydrogen-bond donors (Lipinski definition) is 2. The van der Waals surface area contributed by atoms with E-state index < -0.39 is 23.5 Å². The van der Waals surface area contributed by atoms with Crippen molar-refractivity contribution in [2.24, 2.45) is 0 Å². The number of phenols is 1. The second-order valence-corrected chi connectivity index (χ2v) is 7.54. The summed E-state index contributed by atoms with van der Waals surface area (Å²) in [6.45, 7) is 0.873. The zero-order chi connectivity index (χ0) is 21.4. The predicted molar refractivity (Wildman–Crippen MR) is 111 cm³/mol. The van der Waals surface area contributed by atoms with E-state index in [9.17, 15) is 19.8 Å². The fraction of sp³-hybridized carbons (Fsp3) is 0.217. The Kier molecular flexibility index (Phi) is 5.05. The van der Waals surface area contributed by atoms with E-state index >= 15 is 0 Å². The third kappa shape index (κ3) is 3.44. The standard InChI is InChI=1S/C23H22N2O5/c1-24(2)11-12-25-20(14-7-9-16(26)10-8-14)19(22(28)23(25)29)21(27)18-13-15-5-3-4-6-17(15)30-18/h3-10,13,20,26,28H,11-12H2,1-2H3. The van der Waals surface area contributed by atoms with Crippen LogP contribution >= 0.6 is 0 Å². The molecule has 2 aromatic carbocycles. The molecule has 0 aliphatic carbocycles. The van der Waals surface area contributed by atoms with Gasteiger partial charge in [0, 0.05) is 18.5 Å². The molecule has 1 aromatic heterocycles. The minimum Gasteiger partial charge on any atom is -0.508 e. The van der Waals surface area contributed by atoms with Crippen LogP contribution in [0.4, 0.5) is 0 Å². The molecular weight excluding hydrogens is 384 g/mol. The molecule has 1 amide bonds. The molecule has 7 heteroatoms. The molecule has 0 radical (unpaired) electrons. The van der Waals surface area contributed by atoms with Gasteiger partial charge in [0.1, 0.15) is 11.3 Å². The maximum absolute atomic E-state index is 13.4. The molecule has 1 aliphatic rings. The van der Waals surface area contributed by atoms with Crippen molar-refractivity contribution in [1.29, 1.82) is 0 Å². The highest BCUT2D eigenvalue weighted by Gasteiger charge is 2.44. The molecule has 1 unspecified atom stereocenters. The molecule has 3 aromatic rings. The second-order valence-electron chi connectivity index (χ2n) is 7.54. The van der Waals surface area contributed by atoms with Crippen LogP contribution in [0.5, 0.6) is 5.75 Å². The van der Waals surface area contributed by atoms with Crippen molar-refractivity contribution in [3.05, 3.63) is 77.3 Å². The van der Waals surface area contributed by atoms with Crippen molar-refractivity contribution < 1.29 is 24.2 Å². The number of aliphatic hydroxyl groups excluding tert-OH is 1. The monoisotopic (exact) mass is 406 g/mol. The highest BCUT2D eigenvalue weighted by molar-refractivity contribution is 6.16. The van der Waals surface area contributed by atoms with E-state index in [1.54, 1.807) is 30.3 Å². The third-order valence-corrected chi connectivity index (χ3v) is 5.19. The molecule has 0 spiro atoms. The van der Waals surface area contributed by atoms with Crippen LogP contribution in [0, 0.1) is 0 Å². The minimum atomic E-state index is -0.779. The van der Waals surface area contributed by atoms with E-state index in [2.05, 4.69) is 0 Å². The number of furan rings is 1. The fourth-order valence-electron chi connectivity index (χ4n) is 3.65. The number of benzene rings is 2.